The van der Waals surface area contributed by atoms with Crippen LogP contribution >= 0.6 is 35.3 Å². The van der Waals surface area contributed by atoms with E-state index in [4.69, 9.17) is 26.1 Å². The number of thiazole rings is 1. The van der Waals surface area contributed by atoms with E-state index < -0.39 is 0 Å². The van der Waals surface area contributed by atoms with Gasteiger partial charge in [0.25, 0.3) is 5.91 Å². The van der Waals surface area contributed by atoms with Crippen LogP contribution in [0.4, 0.5) is 5.13 Å². The van der Waals surface area contributed by atoms with Gasteiger partial charge in [0, 0.05) is 31.7 Å². The summed E-state index contributed by atoms with van der Waals surface area (Å²) in [5.74, 6) is 0.681. The largest absolute Gasteiger partial charge is 0.491 e. The first-order valence-corrected chi connectivity index (χ1v) is 12.1. The molecule has 0 spiro atoms. The zero-order chi connectivity index (χ0) is 22.5. The number of amides is 1. The fraction of sp³-hybridized carbons (Fsp3) is 0.417. The summed E-state index contributed by atoms with van der Waals surface area (Å²) in [4.78, 5) is 22.4. The maximum atomic E-state index is 13.5. The fourth-order valence-electron chi connectivity index (χ4n) is 3.68. The van der Waals surface area contributed by atoms with Gasteiger partial charge in [-0.3, -0.25) is 14.6 Å². The number of halogens is 2. The van der Waals surface area contributed by atoms with Crippen molar-refractivity contribution in [1.29, 1.82) is 0 Å². The van der Waals surface area contributed by atoms with Gasteiger partial charge in [-0.25, -0.2) is 4.98 Å². The van der Waals surface area contributed by atoms with Crippen molar-refractivity contribution in [3.63, 3.8) is 0 Å². The van der Waals surface area contributed by atoms with E-state index in [-0.39, 0.29) is 24.4 Å². The van der Waals surface area contributed by atoms with E-state index in [0.29, 0.717) is 22.3 Å². The van der Waals surface area contributed by atoms with Crippen LogP contribution in [0, 0.1) is 0 Å². The molecule has 2 heterocycles. The molecule has 0 atom stereocenters. The van der Waals surface area contributed by atoms with Gasteiger partial charge in [-0.15, -0.1) is 12.4 Å². The minimum atomic E-state index is -0.0711. The molecule has 0 aliphatic carbocycles. The Bertz CT molecular complexity index is 1050. The molecule has 178 valence electrons. The van der Waals surface area contributed by atoms with E-state index in [9.17, 15) is 4.79 Å². The molecule has 1 aliphatic heterocycles. The monoisotopic (exact) mass is 509 g/mol. The van der Waals surface area contributed by atoms with Crippen molar-refractivity contribution in [2.24, 2.45) is 0 Å². The van der Waals surface area contributed by atoms with Crippen LogP contribution in [-0.2, 0) is 4.74 Å². The second kappa shape index (κ2) is 12.0. The van der Waals surface area contributed by atoms with Gasteiger partial charge in [0.15, 0.2) is 5.13 Å². The molecule has 9 heteroatoms. The molecule has 1 amide bonds. The molecule has 1 aromatic heterocycles. The molecule has 33 heavy (non-hydrogen) atoms. The summed E-state index contributed by atoms with van der Waals surface area (Å²) in [5.41, 5.74) is 1.35. The number of carbonyl (C=O) groups excluding carboxylic acids is 1. The molecule has 1 aliphatic rings. The molecule has 3 aromatic rings. The molecular weight excluding hydrogens is 481 g/mol. The zero-order valence-corrected chi connectivity index (χ0v) is 21.2. The van der Waals surface area contributed by atoms with Crippen LogP contribution in [0.25, 0.3) is 10.2 Å². The Morgan fingerprint density at radius 2 is 1.94 bits per heavy atom. The molecular formula is C24H29Cl2N3O3S. The van der Waals surface area contributed by atoms with Crippen molar-refractivity contribution >= 4 is 56.6 Å². The number of fused-ring (bicyclic) bond motifs is 1. The first kappa shape index (κ1) is 25.7. The van der Waals surface area contributed by atoms with E-state index in [0.717, 1.165) is 55.2 Å². The quantitative estimate of drug-likeness (QED) is 0.399. The molecule has 0 unspecified atom stereocenters. The summed E-state index contributed by atoms with van der Waals surface area (Å²) in [7, 11) is 0. The third-order valence-corrected chi connectivity index (χ3v) is 6.62. The standard InChI is InChI=1S/C24H28ClN3O3S.ClH/c1-17(2)31-19-9-7-18(8-10-19)23(29)28(12-4-11-27-13-15-30-16-14-27)24-26-22-20(25)5-3-6-21(22)32-24;/h3,5-10,17H,4,11-16H2,1-2H3;1H. The lowest BCUT2D eigenvalue weighted by Gasteiger charge is -2.27. The number of hydrogen-bond acceptors (Lipinski definition) is 6. The normalized spacial score (nSPS) is 14.3. The average molecular weight is 510 g/mol. The Morgan fingerprint density at radius 3 is 2.61 bits per heavy atom. The van der Waals surface area contributed by atoms with Gasteiger partial charge in [-0.2, -0.15) is 0 Å². The van der Waals surface area contributed by atoms with Gasteiger partial charge in [-0.1, -0.05) is 29.0 Å². The second-order valence-corrected chi connectivity index (χ2v) is 9.45. The van der Waals surface area contributed by atoms with Gasteiger partial charge < -0.3 is 9.47 Å². The van der Waals surface area contributed by atoms with Crippen LogP contribution in [0.3, 0.4) is 0 Å². The van der Waals surface area contributed by atoms with Crippen molar-refractivity contribution in [2.75, 3.05) is 44.3 Å². The number of ether oxygens (including phenoxy) is 2. The molecule has 0 bridgehead atoms. The van der Waals surface area contributed by atoms with Crippen molar-refractivity contribution < 1.29 is 14.3 Å². The Labute approximate surface area is 209 Å². The van der Waals surface area contributed by atoms with E-state index in [2.05, 4.69) is 4.90 Å². The highest BCUT2D eigenvalue weighted by molar-refractivity contribution is 7.22. The van der Waals surface area contributed by atoms with Crippen LogP contribution in [0.1, 0.15) is 30.6 Å². The van der Waals surface area contributed by atoms with Crippen LogP contribution in [0.2, 0.25) is 5.02 Å². The first-order valence-electron chi connectivity index (χ1n) is 10.9. The van der Waals surface area contributed by atoms with E-state index >= 15 is 0 Å². The lowest BCUT2D eigenvalue weighted by molar-refractivity contribution is 0.0376. The van der Waals surface area contributed by atoms with Crippen LogP contribution in [-0.4, -0.2) is 61.3 Å². The minimum absolute atomic E-state index is 0. The number of aromatic nitrogens is 1. The van der Waals surface area contributed by atoms with Crippen LogP contribution in [0.15, 0.2) is 42.5 Å². The van der Waals surface area contributed by atoms with Gasteiger partial charge in [0.1, 0.15) is 11.3 Å². The highest BCUT2D eigenvalue weighted by atomic mass is 35.5. The van der Waals surface area contributed by atoms with Gasteiger partial charge in [-0.05, 0) is 56.7 Å². The SMILES string of the molecule is CC(C)Oc1ccc(C(=O)N(CCCN2CCOCC2)c2nc3c(Cl)cccc3s2)cc1.Cl. The zero-order valence-electron chi connectivity index (χ0n) is 18.8. The number of nitrogens with zero attached hydrogens (tertiary/aromatic N) is 3. The summed E-state index contributed by atoms with van der Waals surface area (Å²) in [6.07, 6.45) is 0.935. The summed E-state index contributed by atoms with van der Waals surface area (Å²) in [6.45, 7) is 8.86. The van der Waals surface area contributed by atoms with Crippen LogP contribution < -0.4 is 9.64 Å². The van der Waals surface area contributed by atoms with Crippen molar-refractivity contribution in [3.05, 3.63) is 53.1 Å². The summed E-state index contributed by atoms with van der Waals surface area (Å²) in [6, 6.07) is 13.0. The summed E-state index contributed by atoms with van der Waals surface area (Å²) in [5, 5.41) is 1.27. The molecule has 6 nitrogen and oxygen atoms in total. The Balaban J connectivity index is 0.00000306. The molecule has 0 radical (unpaired) electrons. The maximum absolute atomic E-state index is 13.5. The highest BCUT2D eigenvalue weighted by Crippen LogP contribution is 2.33. The number of anilines is 1. The number of para-hydroxylation sites is 1. The molecule has 0 N–H and O–H groups in total. The smallest absolute Gasteiger partial charge is 0.260 e. The number of rotatable bonds is 8. The lowest BCUT2D eigenvalue weighted by atomic mass is 10.2. The van der Waals surface area contributed by atoms with E-state index in [1.165, 1.54) is 11.3 Å². The third kappa shape index (κ3) is 6.58. The number of hydrogen-bond donors (Lipinski definition) is 0. The van der Waals surface area contributed by atoms with Gasteiger partial charge in [0.05, 0.1) is 29.0 Å². The van der Waals surface area contributed by atoms with E-state index in [1.807, 2.05) is 56.3 Å². The average Bonchev–Trinajstić information content (AvgIpc) is 3.22. The van der Waals surface area contributed by atoms with Gasteiger partial charge >= 0.3 is 0 Å². The first-order chi connectivity index (χ1) is 15.5. The predicted octanol–water partition coefficient (Wildman–Crippen LogP) is 5.53. The summed E-state index contributed by atoms with van der Waals surface area (Å²) >= 11 is 7.84. The van der Waals surface area contributed by atoms with Crippen LogP contribution in [0.5, 0.6) is 5.75 Å². The number of benzene rings is 2. The topological polar surface area (TPSA) is 54.9 Å². The van der Waals surface area contributed by atoms with Gasteiger partial charge in [0.2, 0.25) is 0 Å². The lowest BCUT2D eigenvalue weighted by Crippen LogP contribution is -2.39. The maximum Gasteiger partial charge on any atom is 0.260 e. The third-order valence-electron chi connectivity index (χ3n) is 5.27. The van der Waals surface area contributed by atoms with Crippen molar-refractivity contribution in [3.8, 4) is 5.75 Å². The van der Waals surface area contributed by atoms with Crippen molar-refractivity contribution in [1.82, 2.24) is 9.88 Å². The number of morpholine rings is 1. The molecule has 1 fully saturated rings. The fourth-order valence-corrected chi connectivity index (χ4v) is 4.97. The molecule has 2 aromatic carbocycles. The minimum Gasteiger partial charge on any atom is -0.491 e. The predicted molar refractivity (Wildman–Crippen MR) is 138 cm³/mol. The van der Waals surface area contributed by atoms with E-state index in [1.54, 1.807) is 4.90 Å². The second-order valence-electron chi connectivity index (χ2n) is 8.04. The number of carbonyl (C=O) groups is 1. The molecule has 0 saturated carbocycles. The van der Waals surface area contributed by atoms with Crippen molar-refractivity contribution in [2.45, 2.75) is 26.4 Å². The molecule has 1 saturated heterocycles. The Hall–Kier alpha value is -1.90. The Kier molecular flexibility index (Phi) is 9.35. The highest BCUT2D eigenvalue weighted by Gasteiger charge is 2.22. The summed E-state index contributed by atoms with van der Waals surface area (Å²) < 4.78 is 12.1. The molecule has 4 rings (SSSR count). The Morgan fingerprint density at radius 1 is 1.21 bits per heavy atom.